The van der Waals surface area contributed by atoms with Crippen LogP contribution in [0.3, 0.4) is 0 Å². The third kappa shape index (κ3) is 6.41. The summed E-state index contributed by atoms with van der Waals surface area (Å²) in [6, 6.07) is 1.96. The molecule has 0 aliphatic heterocycles. The quantitative estimate of drug-likeness (QED) is 0.377. The Balaban J connectivity index is 1.61. The minimum Gasteiger partial charge on any atom is -0.477 e. The molecule has 6 nitrogen and oxygen atoms in total. The van der Waals surface area contributed by atoms with Crippen molar-refractivity contribution in [2.24, 2.45) is 5.92 Å². The highest BCUT2D eigenvalue weighted by atomic mass is 16.4. The Morgan fingerprint density at radius 1 is 1.30 bits per heavy atom. The van der Waals surface area contributed by atoms with Crippen molar-refractivity contribution in [2.75, 3.05) is 13.1 Å². The summed E-state index contributed by atoms with van der Waals surface area (Å²) in [5, 5.41) is 24.9. The molecule has 0 aromatic carbocycles. The van der Waals surface area contributed by atoms with E-state index in [-0.39, 0.29) is 6.54 Å². The molecule has 2 fully saturated rings. The van der Waals surface area contributed by atoms with Crippen molar-refractivity contribution in [2.45, 2.75) is 63.6 Å². The lowest BCUT2D eigenvalue weighted by Crippen LogP contribution is -2.80. The largest absolute Gasteiger partial charge is 0.477 e. The second-order valence-corrected chi connectivity index (χ2v) is 6.83. The molecule has 2 rings (SSSR count). The van der Waals surface area contributed by atoms with Crippen LogP contribution in [0.5, 0.6) is 0 Å². The van der Waals surface area contributed by atoms with Gasteiger partial charge in [0.15, 0.2) is 6.54 Å². The summed E-state index contributed by atoms with van der Waals surface area (Å²) in [6.45, 7) is 2.92. The van der Waals surface area contributed by atoms with Crippen molar-refractivity contribution in [1.82, 2.24) is 10.6 Å². The second kappa shape index (κ2) is 9.15. The Morgan fingerprint density at radius 2 is 2.00 bits per heavy atom. The van der Waals surface area contributed by atoms with E-state index in [9.17, 15) is 4.79 Å². The highest BCUT2D eigenvalue weighted by molar-refractivity contribution is 5.75. The maximum absolute atomic E-state index is 10.5. The molecule has 0 spiro atoms. The molecule has 0 aromatic heterocycles. The number of quaternary nitrogens is 1. The highest BCUT2D eigenvalue weighted by Crippen LogP contribution is 2.34. The summed E-state index contributed by atoms with van der Waals surface area (Å²) in [5.41, 5.74) is 0.829. The minimum absolute atomic E-state index is 0.00797. The van der Waals surface area contributed by atoms with Gasteiger partial charge < -0.3 is 26.5 Å². The Hall–Kier alpha value is -1.24. The number of carboxylic acid groups (broad SMARTS) is 1. The van der Waals surface area contributed by atoms with Crippen molar-refractivity contribution in [3.05, 3.63) is 11.8 Å². The molecule has 0 heterocycles. The number of nitrogens with one attached hydrogen (secondary N) is 3. The predicted octanol–water partition coefficient (Wildman–Crippen LogP) is 0.457. The van der Waals surface area contributed by atoms with Gasteiger partial charge in [-0.3, -0.25) is 0 Å². The fourth-order valence-corrected chi connectivity index (χ4v) is 3.40. The third-order valence-electron chi connectivity index (χ3n) is 5.03. The van der Waals surface area contributed by atoms with Crippen LogP contribution in [-0.4, -0.2) is 48.5 Å². The number of carbonyl (C=O) groups is 1. The molecule has 23 heavy (non-hydrogen) atoms. The molecule has 2 atom stereocenters. The second-order valence-electron chi connectivity index (χ2n) is 6.83. The van der Waals surface area contributed by atoms with E-state index in [4.69, 9.17) is 10.5 Å². The zero-order valence-electron chi connectivity index (χ0n) is 14.1. The molecule has 2 aliphatic carbocycles. The first kappa shape index (κ1) is 18.1. The summed E-state index contributed by atoms with van der Waals surface area (Å²) in [5.74, 6) is 0.0681. The van der Waals surface area contributed by atoms with Gasteiger partial charge in [0.1, 0.15) is 0 Å². The number of carboxylic acids is 1. The van der Waals surface area contributed by atoms with Crippen LogP contribution in [0.2, 0.25) is 0 Å². The number of nitrogens with two attached hydrogens (primary N) is 1. The van der Waals surface area contributed by atoms with Gasteiger partial charge in [0.25, 0.3) is 0 Å². The lowest BCUT2D eigenvalue weighted by atomic mass is 9.91. The SMILES string of the molecule is CC[C@@H]1C[C@H]1NC1CCC(NC/C(C=N)=C/[NH2+]CC(=O)O)CC1. The maximum atomic E-state index is 10.5. The standard InChI is InChI=1S/C17H30N4O2/c1-2-13-7-16(13)21-15-5-3-14(4-6-15)20-10-12(8-18)9-19-11-17(22)23/h8-9,13-16,18-21H,2-7,10-11H2,1H3,(H,22,23)/p+1/b12-9+,18-8?/t13-,14?,15?,16-/m1/s1. The van der Waals surface area contributed by atoms with Crippen molar-refractivity contribution in [3.63, 3.8) is 0 Å². The van der Waals surface area contributed by atoms with E-state index in [1.807, 2.05) is 0 Å². The van der Waals surface area contributed by atoms with E-state index in [2.05, 4.69) is 17.6 Å². The Kier molecular flexibility index (Phi) is 7.20. The van der Waals surface area contributed by atoms with Crippen LogP contribution in [0.1, 0.15) is 45.4 Å². The fraction of sp³-hybridized carbons (Fsp3) is 0.765. The maximum Gasteiger partial charge on any atom is 0.359 e. The molecule has 130 valence electrons. The number of hydrogen-bond acceptors (Lipinski definition) is 4. The smallest absolute Gasteiger partial charge is 0.359 e. The van der Waals surface area contributed by atoms with Gasteiger partial charge >= 0.3 is 5.97 Å². The minimum atomic E-state index is -0.842. The van der Waals surface area contributed by atoms with Gasteiger partial charge in [-0.1, -0.05) is 13.3 Å². The molecule has 2 aliphatic rings. The Bertz CT molecular complexity index is 430. The van der Waals surface area contributed by atoms with E-state index in [1.54, 1.807) is 11.5 Å². The van der Waals surface area contributed by atoms with Crippen LogP contribution in [-0.2, 0) is 4.79 Å². The van der Waals surface area contributed by atoms with Gasteiger partial charge in [0, 0.05) is 36.5 Å². The van der Waals surface area contributed by atoms with Gasteiger partial charge in [-0.05, 0) is 38.0 Å². The molecular weight excluding hydrogens is 292 g/mol. The van der Waals surface area contributed by atoms with Crippen molar-refractivity contribution < 1.29 is 15.2 Å². The Morgan fingerprint density at radius 3 is 2.57 bits per heavy atom. The van der Waals surface area contributed by atoms with Gasteiger partial charge in [0.2, 0.25) is 0 Å². The summed E-state index contributed by atoms with van der Waals surface area (Å²) >= 11 is 0. The molecule has 0 aromatic rings. The predicted molar refractivity (Wildman–Crippen MR) is 90.7 cm³/mol. The van der Waals surface area contributed by atoms with Crippen LogP contribution in [0, 0.1) is 11.3 Å². The summed E-state index contributed by atoms with van der Waals surface area (Å²) < 4.78 is 0. The zero-order valence-corrected chi connectivity index (χ0v) is 14.1. The summed E-state index contributed by atoms with van der Waals surface area (Å²) in [7, 11) is 0. The van der Waals surface area contributed by atoms with Gasteiger partial charge in [-0.2, -0.15) is 0 Å². The lowest BCUT2D eigenvalue weighted by molar-refractivity contribution is -0.578. The zero-order chi connectivity index (χ0) is 16.7. The molecule has 6 N–H and O–H groups in total. The molecule has 0 amide bonds. The third-order valence-corrected chi connectivity index (χ3v) is 5.03. The van der Waals surface area contributed by atoms with Crippen LogP contribution in [0.25, 0.3) is 0 Å². The first-order valence-corrected chi connectivity index (χ1v) is 8.86. The van der Waals surface area contributed by atoms with Gasteiger partial charge in [-0.15, -0.1) is 0 Å². The van der Waals surface area contributed by atoms with Crippen LogP contribution >= 0.6 is 0 Å². The average Bonchev–Trinajstić information content (AvgIpc) is 3.30. The van der Waals surface area contributed by atoms with Crippen LogP contribution < -0.4 is 16.0 Å². The molecule has 0 unspecified atom stereocenters. The normalized spacial score (nSPS) is 30.9. The molecule has 2 saturated carbocycles. The summed E-state index contributed by atoms with van der Waals surface area (Å²) in [4.78, 5) is 10.5. The topological polar surface area (TPSA) is 102 Å². The first-order chi connectivity index (χ1) is 11.1. The first-order valence-electron chi connectivity index (χ1n) is 8.86. The van der Waals surface area contributed by atoms with Crippen LogP contribution in [0.4, 0.5) is 0 Å². The molecule has 0 saturated heterocycles. The Labute approximate surface area is 138 Å². The molecule has 6 heteroatoms. The van der Waals surface area contributed by atoms with Crippen molar-refractivity contribution in [3.8, 4) is 0 Å². The lowest BCUT2D eigenvalue weighted by Gasteiger charge is -2.30. The van der Waals surface area contributed by atoms with E-state index < -0.39 is 5.97 Å². The van der Waals surface area contributed by atoms with Crippen molar-refractivity contribution >= 4 is 12.2 Å². The highest BCUT2D eigenvalue weighted by Gasteiger charge is 2.37. The number of hydrogen-bond donors (Lipinski definition) is 5. The average molecular weight is 323 g/mol. The molecule has 0 bridgehead atoms. The van der Waals surface area contributed by atoms with E-state index in [0.29, 0.717) is 18.6 Å². The van der Waals surface area contributed by atoms with Crippen LogP contribution in [0.15, 0.2) is 11.8 Å². The number of rotatable bonds is 10. The van der Waals surface area contributed by atoms with Gasteiger partial charge in [-0.25, -0.2) is 4.79 Å². The van der Waals surface area contributed by atoms with E-state index in [1.165, 1.54) is 44.7 Å². The van der Waals surface area contributed by atoms with E-state index >= 15 is 0 Å². The fourth-order valence-electron chi connectivity index (χ4n) is 3.40. The molecule has 0 radical (unpaired) electrons. The summed E-state index contributed by atoms with van der Waals surface area (Å²) in [6.07, 6.45) is 10.5. The molecular formula is C17H31N4O2+. The van der Waals surface area contributed by atoms with E-state index in [0.717, 1.165) is 17.5 Å². The van der Waals surface area contributed by atoms with Gasteiger partial charge in [0.05, 0.1) is 6.20 Å². The number of aliphatic carboxylic acids is 1. The van der Waals surface area contributed by atoms with Crippen molar-refractivity contribution in [1.29, 1.82) is 5.41 Å². The monoisotopic (exact) mass is 323 g/mol.